The van der Waals surface area contributed by atoms with Crippen molar-refractivity contribution < 1.29 is 19.8 Å². The second-order valence-electron chi connectivity index (χ2n) is 3.49. The average molecular weight is 251 g/mol. The van der Waals surface area contributed by atoms with Crippen molar-refractivity contribution in [2.75, 3.05) is 7.05 Å². The largest absolute Gasteiger partial charge is 0.504 e. The Morgan fingerprint density at radius 3 is 2.47 bits per heavy atom. The zero-order chi connectivity index (χ0) is 12.6. The highest BCUT2D eigenvalue weighted by Gasteiger charge is 2.31. The average Bonchev–Trinajstić information content (AvgIpc) is 2.52. The van der Waals surface area contributed by atoms with Crippen LogP contribution in [-0.2, 0) is 4.79 Å². The maximum Gasteiger partial charge on any atom is 0.293 e. The number of thioether (sulfide) groups is 1. The molecule has 0 spiro atoms. The molecule has 2 N–H and O–H groups in total. The fourth-order valence-electron chi connectivity index (χ4n) is 1.33. The van der Waals surface area contributed by atoms with E-state index in [0.29, 0.717) is 10.5 Å². The number of aromatic hydroxyl groups is 2. The zero-order valence-electron chi connectivity index (χ0n) is 8.88. The molecule has 2 amide bonds. The number of carbonyl (C=O) groups is 2. The van der Waals surface area contributed by atoms with E-state index >= 15 is 0 Å². The summed E-state index contributed by atoms with van der Waals surface area (Å²) < 4.78 is 0. The zero-order valence-corrected chi connectivity index (χ0v) is 9.69. The third-order valence-corrected chi connectivity index (χ3v) is 3.24. The number of carbonyl (C=O) groups excluding carboxylic acids is 2. The predicted octanol–water partition coefficient (Wildman–Crippen LogP) is 1.76. The molecule has 0 radical (unpaired) electrons. The van der Waals surface area contributed by atoms with Crippen LogP contribution in [0, 0.1) is 0 Å². The lowest BCUT2D eigenvalue weighted by Gasteiger charge is -2.01. The Kier molecular flexibility index (Phi) is 2.81. The van der Waals surface area contributed by atoms with Crippen molar-refractivity contribution in [2.24, 2.45) is 0 Å². The molecule has 0 saturated carbocycles. The molecule has 1 aliphatic rings. The van der Waals surface area contributed by atoms with Crippen LogP contribution in [0.1, 0.15) is 5.56 Å². The minimum absolute atomic E-state index is 0.231. The molecule has 1 heterocycles. The van der Waals surface area contributed by atoms with Gasteiger partial charge >= 0.3 is 0 Å². The molecule has 2 rings (SSSR count). The minimum atomic E-state index is -0.368. The number of rotatable bonds is 1. The van der Waals surface area contributed by atoms with E-state index in [1.165, 1.54) is 25.3 Å². The molecule has 6 heteroatoms. The summed E-state index contributed by atoms with van der Waals surface area (Å²) in [4.78, 5) is 24.1. The van der Waals surface area contributed by atoms with Crippen LogP contribution < -0.4 is 0 Å². The number of benzene rings is 1. The number of amides is 2. The van der Waals surface area contributed by atoms with Gasteiger partial charge in [0, 0.05) is 7.05 Å². The molecule has 1 fully saturated rings. The van der Waals surface area contributed by atoms with Gasteiger partial charge in [0.05, 0.1) is 4.91 Å². The normalized spacial score (nSPS) is 18.2. The molecule has 17 heavy (non-hydrogen) atoms. The number of phenols is 2. The molecular weight excluding hydrogens is 242 g/mol. The first-order valence-electron chi connectivity index (χ1n) is 4.72. The van der Waals surface area contributed by atoms with Crippen molar-refractivity contribution in [3.63, 3.8) is 0 Å². The predicted molar refractivity (Wildman–Crippen MR) is 63.5 cm³/mol. The minimum Gasteiger partial charge on any atom is -0.504 e. The summed E-state index contributed by atoms with van der Waals surface area (Å²) >= 11 is 0.841. The lowest BCUT2D eigenvalue weighted by Crippen LogP contribution is -2.22. The number of likely N-dealkylation sites (N-methyl/N-ethyl adjacent to an activating group) is 1. The van der Waals surface area contributed by atoms with Gasteiger partial charge in [-0.3, -0.25) is 14.5 Å². The topological polar surface area (TPSA) is 77.8 Å². The summed E-state index contributed by atoms with van der Waals surface area (Å²) in [6.07, 6.45) is 1.49. The first-order valence-corrected chi connectivity index (χ1v) is 5.54. The molecule has 1 aromatic rings. The molecule has 1 aromatic carbocycles. The molecule has 0 unspecified atom stereocenters. The van der Waals surface area contributed by atoms with Crippen LogP contribution in [0.3, 0.4) is 0 Å². The standard InChI is InChI=1S/C11H9NO4S/c1-12-10(15)9(17-11(12)16)5-6-2-3-7(13)8(14)4-6/h2-5,13-14H,1H3/b9-5+. The second kappa shape index (κ2) is 4.14. The van der Waals surface area contributed by atoms with Crippen molar-refractivity contribution >= 4 is 29.0 Å². The van der Waals surface area contributed by atoms with Gasteiger partial charge in [-0.2, -0.15) is 0 Å². The van der Waals surface area contributed by atoms with Crippen LogP contribution in [-0.4, -0.2) is 33.3 Å². The van der Waals surface area contributed by atoms with E-state index in [-0.39, 0.29) is 22.6 Å². The number of hydrogen-bond donors (Lipinski definition) is 2. The monoisotopic (exact) mass is 251 g/mol. The smallest absolute Gasteiger partial charge is 0.293 e. The number of nitrogens with zero attached hydrogens (tertiary/aromatic N) is 1. The number of phenolic OH excluding ortho intramolecular Hbond substituents is 2. The summed E-state index contributed by atoms with van der Waals surface area (Å²) in [5, 5.41) is 18.1. The van der Waals surface area contributed by atoms with E-state index in [2.05, 4.69) is 0 Å². The molecule has 0 aliphatic carbocycles. The Balaban J connectivity index is 2.34. The Morgan fingerprint density at radius 2 is 1.94 bits per heavy atom. The van der Waals surface area contributed by atoms with Crippen LogP contribution in [0.4, 0.5) is 4.79 Å². The first-order chi connectivity index (χ1) is 7.99. The molecule has 88 valence electrons. The van der Waals surface area contributed by atoms with Crippen molar-refractivity contribution in [1.82, 2.24) is 4.90 Å². The van der Waals surface area contributed by atoms with E-state index in [4.69, 9.17) is 5.11 Å². The van der Waals surface area contributed by atoms with E-state index in [9.17, 15) is 14.7 Å². The Bertz CT molecular complexity index is 538. The maximum atomic E-state index is 11.6. The van der Waals surface area contributed by atoms with Crippen LogP contribution in [0.25, 0.3) is 6.08 Å². The van der Waals surface area contributed by atoms with Crippen LogP contribution in [0.15, 0.2) is 23.1 Å². The lowest BCUT2D eigenvalue weighted by molar-refractivity contribution is -0.121. The van der Waals surface area contributed by atoms with Gasteiger partial charge in [-0.05, 0) is 35.5 Å². The van der Waals surface area contributed by atoms with Gasteiger partial charge in [0.1, 0.15) is 0 Å². The molecule has 5 nitrogen and oxygen atoms in total. The Morgan fingerprint density at radius 1 is 1.24 bits per heavy atom. The third kappa shape index (κ3) is 2.12. The van der Waals surface area contributed by atoms with Crippen molar-refractivity contribution in [1.29, 1.82) is 0 Å². The first kappa shape index (κ1) is 11.5. The van der Waals surface area contributed by atoms with Gasteiger partial charge in [-0.15, -0.1) is 0 Å². The summed E-state index contributed by atoms with van der Waals surface area (Å²) in [5.74, 6) is -0.868. The molecule has 1 saturated heterocycles. The number of hydrogen-bond acceptors (Lipinski definition) is 5. The van der Waals surface area contributed by atoms with E-state index in [1.54, 1.807) is 6.07 Å². The highest BCUT2D eigenvalue weighted by Crippen LogP contribution is 2.32. The number of imide groups is 1. The fraction of sp³-hybridized carbons (Fsp3) is 0.0909. The summed E-state index contributed by atoms with van der Waals surface area (Å²) in [6, 6.07) is 4.18. The highest BCUT2D eigenvalue weighted by atomic mass is 32.2. The van der Waals surface area contributed by atoms with E-state index in [1.807, 2.05) is 0 Å². The molecular formula is C11H9NO4S. The van der Waals surface area contributed by atoms with Gasteiger partial charge < -0.3 is 10.2 Å². The Labute approximate surface area is 101 Å². The lowest BCUT2D eigenvalue weighted by atomic mass is 10.2. The summed E-state index contributed by atoms with van der Waals surface area (Å²) in [7, 11) is 1.41. The second-order valence-corrected chi connectivity index (χ2v) is 4.48. The van der Waals surface area contributed by atoms with Gasteiger partial charge in [-0.1, -0.05) is 6.07 Å². The van der Waals surface area contributed by atoms with Crippen LogP contribution in [0.5, 0.6) is 11.5 Å². The third-order valence-electron chi connectivity index (χ3n) is 2.28. The maximum absolute atomic E-state index is 11.6. The molecule has 0 bridgehead atoms. The van der Waals surface area contributed by atoms with Crippen molar-refractivity contribution in [2.45, 2.75) is 0 Å². The van der Waals surface area contributed by atoms with Crippen LogP contribution >= 0.6 is 11.8 Å². The molecule has 1 aliphatic heterocycles. The SMILES string of the molecule is CN1C(=O)S/C(=C/c2ccc(O)c(O)c2)C1=O. The van der Waals surface area contributed by atoms with E-state index in [0.717, 1.165) is 16.7 Å². The van der Waals surface area contributed by atoms with Gasteiger partial charge in [0.25, 0.3) is 11.1 Å². The highest BCUT2D eigenvalue weighted by molar-refractivity contribution is 8.18. The molecule has 0 aromatic heterocycles. The summed E-state index contributed by atoms with van der Waals surface area (Å²) in [5.41, 5.74) is 0.541. The fourth-order valence-corrected chi connectivity index (χ4v) is 2.15. The Hall–Kier alpha value is -1.95. The van der Waals surface area contributed by atoms with Crippen molar-refractivity contribution in [3.8, 4) is 11.5 Å². The molecule has 0 atom stereocenters. The quantitative estimate of drug-likeness (QED) is 0.587. The van der Waals surface area contributed by atoms with E-state index < -0.39 is 0 Å². The van der Waals surface area contributed by atoms with Crippen LogP contribution in [0.2, 0.25) is 0 Å². The van der Waals surface area contributed by atoms with Gasteiger partial charge in [-0.25, -0.2) is 0 Å². The van der Waals surface area contributed by atoms with Gasteiger partial charge in [0.15, 0.2) is 11.5 Å². The summed E-state index contributed by atoms with van der Waals surface area (Å²) in [6.45, 7) is 0. The van der Waals surface area contributed by atoms with Gasteiger partial charge in [0.2, 0.25) is 0 Å². The van der Waals surface area contributed by atoms with Crippen molar-refractivity contribution in [3.05, 3.63) is 28.7 Å².